The van der Waals surface area contributed by atoms with E-state index in [1.807, 2.05) is 36.4 Å². The van der Waals surface area contributed by atoms with Crippen molar-refractivity contribution in [1.82, 2.24) is 4.90 Å². The van der Waals surface area contributed by atoms with Crippen LogP contribution < -0.4 is 0 Å². The van der Waals surface area contributed by atoms with Crippen molar-refractivity contribution in [2.45, 2.75) is 12.4 Å². The van der Waals surface area contributed by atoms with Crippen molar-refractivity contribution in [3.8, 4) is 0 Å². The van der Waals surface area contributed by atoms with Crippen LogP contribution in [0.2, 0.25) is 5.02 Å². The van der Waals surface area contributed by atoms with Crippen LogP contribution in [0, 0.1) is 0 Å². The zero-order valence-electron chi connectivity index (χ0n) is 11.1. The molecule has 0 radical (unpaired) electrons. The normalized spacial score (nSPS) is 10.3. The number of carbonyl (C=O) groups is 1. The van der Waals surface area contributed by atoms with E-state index < -0.39 is 0 Å². The molecular weight excluding hydrogens is 293 g/mol. The highest BCUT2D eigenvalue weighted by Crippen LogP contribution is 2.13. The van der Waals surface area contributed by atoms with Crippen molar-refractivity contribution >= 4 is 29.1 Å². The fourth-order valence-electron chi connectivity index (χ4n) is 1.89. The maximum atomic E-state index is 12.3. The molecule has 0 saturated heterocycles. The van der Waals surface area contributed by atoms with Gasteiger partial charge in [0.25, 0.3) is 5.91 Å². The van der Waals surface area contributed by atoms with Crippen LogP contribution in [0.5, 0.6) is 0 Å². The quantitative estimate of drug-likeness (QED) is 0.769. The summed E-state index contributed by atoms with van der Waals surface area (Å²) >= 11 is 11.6. The van der Waals surface area contributed by atoms with Gasteiger partial charge in [0.05, 0.1) is 0 Å². The van der Waals surface area contributed by atoms with Crippen molar-refractivity contribution in [2.24, 2.45) is 0 Å². The summed E-state index contributed by atoms with van der Waals surface area (Å²) in [4.78, 5) is 14.0. The molecule has 0 aliphatic heterocycles. The maximum absolute atomic E-state index is 12.3. The van der Waals surface area contributed by atoms with Crippen LogP contribution in [0.4, 0.5) is 0 Å². The topological polar surface area (TPSA) is 20.3 Å². The Morgan fingerprint density at radius 3 is 2.10 bits per heavy atom. The number of rotatable bonds is 4. The third-order valence-electron chi connectivity index (χ3n) is 3.03. The summed E-state index contributed by atoms with van der Waals surface area (Å²) in [6, 6.07) is 14.8. The molecule has 0 saturated carbocycles. The summed E-state index contributed by atoms with van der Waals surface area (Å²) in [6.45, 7) is 0.549. The largest absolute Gasteiger partial charge is 0.337 e. The van der Waals surface area contributed by atoms with E-state index >= 15 is 0 Å². The Morgan fingerprint density at radius 2 is 1.55 bits per heavy atom. The summed E-state index contributed by atoms with van der Waals surface area (Å²) in [5.74, 6) is 0.441. The lowest BCUT2D eigenvalue weighted by atomic mass is 10.1. The molecule has 0 bridgehead atoms. The fourth-order valence-corrected chi connectivity index (χ4v) is 2.20. The number of nitrogens with zero attached hydrogens (tertiary/aromatic N) is 1. The molecule has 2 aromatic carbocycles. The minimum absolute atomic E-state index is 0.0129. The summed E-state index contributed by atoms with van der Waals surface area (Å²) in [5, 5.41) is 0.694. The second-order valence-electron chi connectivity index (χ2n) is 4.62. The van der Waals surface area contributed by atoms with Crippen molar-refractivity contribution in [2.75, 3.05) is 7.05 Å². The molecule has 0 atom stereocenters. The molecule has 0 unspecified atom stereocenters. The van der Waals surface area contributed by atoms with Gasteiger partial charge in [0.2, 0.25) is 0 Å². The molecule has 0 heterocycles. The molecule has 0 aromatic heterocycles. The molecular formula is C16H15Cl2NO. The van der Waals surface area contributed by atoms with Crippen LogP contribution in [0.3, 0.4) is 0 Å². The SMILES string of the molecule is CN(Cc1ccc(Cl)cc1)C(=O)c1ccc(CCl)cc1. The van der Waals surface area contributed by atoms with Crippen LogP contribution >= 0.6 is 23.2 Å². The van der Waals surface area contributed by atoms with Gasteiger partial charge < -0.3 is 4.90 Å². The smallest absolute Gasteiger partial charge is 0.253 e. The first-order chi connectivity index (χ1) is 9.60. The lowest BCUT2D eigenvalue weighted by Crippen LogP contribution is -2.26. The van der Waals surface area contributed by atoms with Gasteiger partial charge >= 0.3 is 0 Å². The molecule has 0 spiro atoms. The number of halogens is 2. The molecule has 4 heteroatoms. The van der Waals surface area contributed by atoms with Crippen LogP contribution in [0.25, 0.3) is 0 Å². The van der Waals surface area contributed by atoms with Gasteiger partial charge in [-0.15, -0.1) is 11.6 Å². The molecule has 2 nitrogen and oxygen atoms in total. The monoisotopic (exact) mass is 307 g/mol. The Bertz CT molecular complexity index is 578. The van der Waals surface area contributed by atoms with Crippen molar-refractivity contribution in [3.63, 3.8) is 0 Å². The average Bonchev–Trinajstić information content (AvgIpc) is 2.49. The van der Waals surface area contributed by atoms with E-state index in [0.29, 0.717) is 23.0 Å². The molecule has 0 aliphatic carbocycles. The number of carbonyl (C=O) groups excluding carboxylic acids is 1. The van der Waals surface area contributed by atoms with Crippen molar-refractivity contribution in [1.29, 1.82) is 0 Å². The molecule has 2 aromatic rings. The summed E-state index contributed by atoms with van der Waals surface area (Å²) in [7, 11) is 1.78. The van der Waals surface area contributed by atoms with Crippen molar-refractivity contribution in [3.05, 3.63) is 70.2 Å². The highest BCUT2D eigenvalue weighted by molar-refractivity contribution is 6.30. The number of benzene rings is 2. The Hall–Kier alpha value is -1.51. The zero-order chi connectivity index (χ0) is 14.5. The molecule has 0 N–H and O–H groups in total. The average molecular weight is 308 g/mol. The van der Waals surface area contributed by atoms with Crippen molar-refractivity contribution < 1.29 is 4.79 Å². The molecule has 20 heavy (non-hydrogen) atoms. The van der Waals surface area contributed by atoms with E-state index in [1.165, 1.54) is 0 Å². The zero-order valence-corrected chi connectivity index (χ0v) is 12.7. The molecule has 0 fully saturated rings. The third kappa shape index (κ3) is 3.75. The minimum atomic E-state index is -0.0129. The maximum Gasteiger partial charge on any atom is 0.253 e. The van der Waals surface area contributed by atoms with Crippen LogP contribution in [-0.2, 0) is 12.4 Å². The van der Waals surface area contributed by atoms with Gasteiger partial charge in [-0.25, -0.2) is 0 Å². The van der Waals surface area contributed by atoms with Gasteiger partial charge in [-0.05, 0) is 35.4 Å². The summed E-state index contributed by atoms with van der Waals surface area (Å²) in [5.41, 5.74) is 2.71. The molecule has 2 rings (SSSR count). The van der Waals surface area contributed by atoms with Gasteiger partial charge in [0.15, 0.2) is 0 Å². The van der Waals surface area contributed by atoms with E-state index in [0.717, 1.165) is 11.1 Å². The Morgan fingerprint density at radius 1 is 1.00 bits per heavy atom. The van der Waals surface area contributed by atoms with Gasteiger partial charge in [-0.2, -0.15) is 0 Å². The number of alkyl halides is 1. The Balaban J connectivity index is 2.05. The number of amides is 1. The van der Waals surface area contributed by atoms with Crippen LogP contribution in [0.1, 0.15) is 21.5 Å². The summed E-state index contributed by atoms with van der Waals surface area (Å²) in [6.07, 6.45) is 0. The second kappa shape index (κ2) is 6.78. The standard InChI is InChI=1S/C16H15Cl2NO/c1-19(11-13-4-8-15(18)9-5-13)16(20)14-6-2-12(10-17)3-7-14/h2-9H,10-11H2,1H3. The van der Waals surface area contributed by atoms with E-state index in [-0.39, 0.29) is 5.91 Å². The molecule has 104 valence electrons. The Labute approximate surface area is 128 Å². The third-order valence-corrected chi connectivity index (χ3v) is 3.60. The fraction of sp³-hybridized carbons (Fsp3) is 0.188. The van der Waals surface area contributed by atoms with E-state index in [1.54, 1.807) is 24.1 Å². The molecule has 1 amide bonds. The van der Waals surface area contributed by atoms with Gasteiger partial charge in [-0.1, -0.05) is 35.9 Å². The van der Waals surface area contributed by atoms with Gasteiger partial charge in [-0.3, -0.25) is 4.79 Å². The van der Waals surface area contributed by atoms with Gasteiger partial charge in [0.1, 0.15) is 0 Å². The highest BCUT2D eigenvalue weighted by Gasteiger charge is 2.11. The lowest BCUT2D eigenvalue weighted by Gasteiger charge is -2.17. The number of hydrogen-bond acceptors (Lipinski definition) is 1. The first kappa shape index (κ1) is 14.9. The first-order valence-electron chi connectivity index (χ1n) is 6.25. The lowest BCUT2D eigenvalue weighted by molar-refractivity contribution is 0.0785. The second-order valence-corrected chi connectivity index (χ2v) is 5.32. The highest BCUT2D eigenvalue weighted by atomic mass is 35.5. The molecule has 0 aliphatic rings. The van der Waals surface area contributed by atoms with Crippen LogP contribution in [-0.4, -0.2) is 17.9 Å². The van der Waals surface area contributed by atoms with Gasteiger partial charge in [0, 0.05) is 30.1 Å². The van der Waals surface area contributed by atoms with Crippen LogP contribution in [0.15, 0.2) is 48.5 Å². The minimum Gasteiger partial charge on any atom is -0.337 e. The first-order valence-corrected chi connectivity index (χ1v) is 7.16. The van der Waals surface area contributed by atoms with E-state index in [9.17, 15) is 4.79 Å². The number of hydrogen-bond donors (Lipinski definition) is 0. The predicted molar refractivity (Wildman–Crippen MR) is 83.2 cm³/mol. The summed E-state index contributed by atoms with van der Waals surface area (Å²) < 4.78 is 0. The van der Waals surface area contributed by atoms with E-state index in [4.69, 9.17) is 23.2 Å². The Kier molecular flexibility index (Phi) is 5.05. The van der Waals surface area contributed by atoms with E-state index in [2.05, 4.69) is 0 Å². The predicted octanol–water partition coefficient (Wildman–Crippen LogP) is 4.35.